The molecular weight excluding hydrogens is 274 g/mol. The second-order valence-electron chi connectivity index (χ2n) is 5.56. The van der Waals surface area contributed by atoms with Crippen LogP contribution in [0.25, 0.3) is 5.69 Å². The summed E-state index contributed by atoms with van der Waals surface area (Å²) in [5, 5.41) is 15.1. The maximum atomic E-state index is 5.76. The molecule has 5 nitrogen and oxygen atoms in total. The Balaban J connectivity index is 2.03. The highest BCUT2D eigenvalue weighted by molar-refractivity contribution is 6.17. The lowest BCUT2D eigenvalue weighted by atomic mass is 9.88. The largest absolute Gasteiger partial charge is 0.352 e. The van der Waals surface area contributed by atoms with Gasteiger partial charge in [-0.2, -0.15) is 4.68 Å². The molecule has 0 spiro atoms. The predicted molar refractivity (Wildman–Crippen MR) is 81.4 cm³/mol. The highest BCUT2D eigenvalue weighted by Crippen LogP contribution is 2.23. The van der Waals surface area contributed by atoms with E-state index in [9.17, 15) is 0 Å². The lowest BCUT2D eigenvalue weighted by molar-refractivity contribution is 0.354. The van der Waals surface area contributed by atoms with Crippen molar-refractivity contribution in [3.8, 4) is 5.69 Å². The number of nitrogens with zero attached hydrogens (tertiary/aromatic N) is 4. The van der Waals surface area contributed by atoms with E-state index in [0.717, 1.165) is 25.1 Å². The van der Waals surface area contributed by atoms with Gasteiger partial charge in [-0.1, -0.05) is 37.1 Å². The van der Waals surface area contributed by atoms with Crippen molar-refractivity contribution in [2.24, 2.45) is 5.41 Å². The van der Waals surface area contributed by atoms with Crippen molar-refractivity contribution in [3.05, 3.63) is 30.3 Å². The summed E-state index contributed by atoms with van der Waals surface area (Å²) in [4.78, 5) is 0. The molecular formula is C14H20ClN5. The lowest BCUT2D eigenvalue weighted by Gasteiger charge is -2.24. The van der Waals surface area contributed by atoms with Gasteiger partial charge in [0.2, 0.25) is 5.95 Å². The molecule has 20 heavy (non-hydrogen) atoms. The van der Waals surface area contributed by atoms with E-state index < -0.39 is 0 Å². The third-order valence-electron chi connectivity index (χ3n) is 3.18. The minimum absolute atomic E-state index is 0.155. The number of nitrogens with one attached hydrogen (secondary N) is 1. The Morgan fingerprint density at radius 3 is 2.70 bits per heavy atom. The fourth-order valence-electron chi connectivity index (χ4n) is 1.99. The first-order valence-corrected chi connectivity index (χ1v) is 7.29. The monoisotopic (exact) mass is 293 g/mol. The third-order valence-corrected chi connectivity index (χ3v) is 3.45. The Bertz CT molecular complexity index is 523. The van der Waals surface area contributed by atoms with Crippen LogP contribution >= 0.6 is 11.6 Å². The number of anilines is 1. The zero-order valence-corrected chi connectivity index (χ0v) is 12.6. The molecule has 0 radical (unpaired) electrons. The molecule has 0 atom stereocenters. The summed E-state index contributed by atoms with van der Waals surface area (Å²) in [5.74, 6) is 1.36. The molecule has 1 aromatic carbocycles. The minimum Gasteiger partial charge on any atom is -0.352 e. The van der Waals surface area contributed by atoms with E-state index in [1.165, 1.54) is 0 Å². The molecule has 0 saturated heterocycles. The highest BCUT2D eigenvalue weighted by atomic mass is 35.5. The zero-order valence-electron chi connectivity index (χ0n) is 11.9. The number of tetrazole rings is 1. The van der Waals surface area contributed by atoms with Crippen LogP contribution in [-0.4, -0.2) is 32.6 Å². The van der Waals surface area contributed by atoms with Crippen molar-refractivity contribution >= 4 is 17.5 Å². The summed E-state index contributed by atoms with van der Waals surface area (Å²) in [7, 11) is 0. The summed E-state index contributed by atoms with van der Waals surface area (Å²) < 4.78 is 1.71. The number of benzene rings is 1. The molecule has 2 aromatic rings. The molecule has 0 unspecified atom stereocenters. The van der Waals surface area contributed by atoms with Gasteiger partial charge in [0, 0.05) is 12.4 Å². The van der Waals surface area contributed by atoms with Crippen LogP contribution in [0.3, 0.4) is 0 Å². The van der Waals surface area contributed by atoms with Crippen molar-refractivity contribution < 1.29 is 0 Å². The number of alkyl halides is 1. The molecule has 1 aromatic heterocycles. The van der Waals surface area contributed by atoms with Gasteiger partial charge in [-0.25, -0.2) is 0 Å². The summed E-state index contributed by atoms with van der Waals surface area (Å²) in [6.45, 7) is 5.23. The Morgan fingerprint density at radius 2 is 2.00 bits per heavy atom. The van der Waals surface area contributed by atoms with Crippen molar-refractivity contribution in [2.75, 3.05) is 17.7 Å². The second-order valence-corrected chi connectivity index (χ2v) is 5.94. The van der Waals surface area contributed by atoms with E-state index in [2.05, 4.69) is 34.7 Å². The minimum atomic E-state index is 0.155. The van der Waals surface area contributed by atoms with Crippen LogP contribution in [0, 0.1) is 5.41 Å². The van der Waals surface area contributed by atoms with Gasteiger partial charge in [0.05, 0.1) is 5.69 Å². The van der Waals surface area contributed by atoms with Crippen LogP contribution in [0.1, 0.15) is 26.7 Å². The van der Waals surface area contributed by atoms with Crippen LogP contribution in [-0.2, 0) is 0 Å². The first-order valence-electron chi connectivity index (χ1n) is 6.76. The SMILES string of the molecule is CC(C)(CCCCl)CNc1nnnn1-c1ccccc1. The molecule has 0 saturated carbocycles. The van der Waals surface area contributed by atoms with Crippen molar-refractivity contribution in [3.63, 3.8) is 0 Å². The van der Waals surface area contributed by atoms with E-state index in [-0.39, 0.29) is 5.41 Å². The van der Waals surface area contributed by atoms with Gasteiger partial charge < -0.3 is 5.32 Å². The van der Waals surface area contributed by atoms with E-state index in [1.807, 2.05) is 30.3 Å². The molecule has 0 bridgehead atoms. The van der Waals surface area contributed by atoms with Crippen LogP contribution < -0.4 is 5.32 Å². The van der Waals surface area contributed by atoms with Gasteiger partial charge in [0.15, 0.2) is 0 Å². The quantitative estimate of drug-likeness (QED) is 0.797. The van der Waals surface area contributed by atoms with Gasteiger partial charge in [-0.3, -0.25) is 0 Å². The highest BCUT2D eigenvalue weighted by Gasteiger charge is 2.18. The fraction of sp³-hybridized carbons (Fsp3) is 0.500. The van der Waals surface area contributed by atoms with Crippen molar-refractivity contribution in [1.29, 1.82) is 0 Å². The molecule has 1 heterocycles. The second kappa shape index (κ2) is 6.70. The number of halogens is 1. The molecule has 1 N–H and O–H groups in total. The molecule has 108 valence electrons. The first-order chi connectivity index (χ1) is 9.62. The Hall–Kier alpha value is -1.62. The van der Waals surface area contributed by atoms with Crippen LogP contribution in [0.15, 0.2) is 30.3 Å². The number of para-hydroxylation sites is 1. The maximum Gasteiger partial charge on any atom is 0.247 e. The van der Waals surface area contributed by atoms with Gasteiger partial charge in [0.1, 0.15) is 0 Å². The van der Waals surface area contributed by atoms with Gasteiger partial charge in [-0.05, 0) is 40.8 Å². The smallest absolute Gasteiger partial charge is 0.247 e. The standard InChI is InChI=1S/C14H20ClN5/c1-14(2,9-6-10-15)11-16-13-17-18-19-20(13)12-7-4-3-5-8-12/h3-5,7-8H,6,9-11H2,1-2H3,(H,16,17,19). The molecule has 0 fully saturated rings. The van der Waals surface area contributed by atoms with E-state index in [1.54, 1.807) is 4.68 Å². The van der Waals surface area contributed by atoms with Crippen LogP contribution in [0.5, 0.6) is 0 Å². The Labute approximate surface area is 124 Å². The van der Waals surface area contributed by atoms with Crippen molar-refractivity contribution in [1.82, 2.24) is 20.2 Å². The van der Waals surface area contributed by atoms with Crippen LogP contribution in [0.2, 0.25) is 0 Å². The van der Waals surface area contributed by atoms with Gasteiger partial charge >= 0.3 is 0 Å². The number of rotatable bonds is 7. The first kappa shape index (κ1) is 14.8. The Morgan fingerprint density at radius 1 is 1.25 bits per heavy atom. The molecule has 0 aliphatic rings. The predicted octanol–water partition coefficient (Wildman–Crippen LogP) is 3.12. The molecule has 0 aliphatic heterocycles. The summed E-state index contributed by atoms with van der Waals surface area (Å²) in [6.07, 6.45) is 2.08. The van der Waals surface area contributed by atoms with Crippen LogP contribution in [0.4, 0.5) is 5.95 Å². The summed E-state index contributed by atoms with van der Waals surface area (Å²) in [5.41, 5.74) is 1.10. The topological polar surface area (TPSA) is 55.6 Å². The molecule has 0 aliphatic carbocycles. The van der Waals surface area contributed by atoms with Gasteiger partial charge in [0.25, 0.3) is 0 Å². The number of hydrogen-bond donors (Lipinski definition) is 1. The fourth-order valence-corrected chi connectivity index (χ4v) is 2.13. The van der Waals surface area contributed by atoms with Crippen molar-refractivity contribution in [2.45, 2.75) is 26.7 Å². The van der Waals surface area contributed by atoms with Gasteiger partial charge in [-0.15, -0.1) is 11.6 Å². The normalized spacial score (nSPS) is 11.6. The molecule has 6 heteroatoms. The zero-order chi connectivity index (χ0) is 14.4. The number of hydrogen-bond acceptors (Lipinski definition) is 4. The Kier molecular flexibility index (Phi) is 4.95. The maximum absolute atomic E-state index is 5.76. The van der Waals surface area contributed by atoms with E-state index in [4.69, 9.17) is 11.6 Å². The average molecular weight is 294 g/mol. The summed E-state index contributed by atoms with van der Waals surface area (Å²) in [6, 6.07) is 9.84. The third kappa shape index (κ3) is 3.93. The van der Waals surface area contributed by atoms with E-state index >= 15 is 0 Å². The summed E-state index contributed by atoms with van der Waals surface area (Å²) >= 11 is 5.76. The number of aromatic nitrogens is 4. The molecule has 0 amide bonds. The average Bonchev–Trinajstić information content (AvgIpc) is 2.93. The van der Waals surface area contributed by atoms with E-state index in [0.29, 0.717) is 11.8 Å². The lowest BCUT2D eigenvalue weighted by Crippen LogP contribution is -2.24. The molecule has 2 rings (SSSR count).